The molecule has 1 amide bonds. The summed E-state index contributed by atoms with van der Waals surface area (Å²) in [5, 5.41) is 3.47. The van der Waals surface area contributed by atoms with Crippen molar-refractivity contribution in [2.75, 3.05) is 32.8 Å². The highest BCUT2D eigenvalue weighted by Crippen LogP contribution is 2.37. The van der Waals surface area contributed by atoms with Crippen LogP contribution in [0.1, 0.15) is 38.7 Å². The largest absolute Gasteiger partial charge is 0.376 e. The Morgan fingerprint density at radius 3 is 2.79 bits per heavy atom. The van der Waals surface area contributed by atoms with Crippen molar-refractivity contribution in [1.82, 2.24) is 10.2 Å². The topological polar surface area (TPSA) is 41.6 Å². The molecule has 1 spiro atoms. The summed E-state index contributed by atoms with van der Waals surface area (Å²) in [6, 6.07) is 10.1. The van der Waals surface area contributed by atoms with Gasteiger partial charge in [-0.3, -0.25) is 4.79 Å². The van der Waals surface area contributed by atoms with Crippen molar-refractivity contribution < 1.29 is 9.53 Å². The minimum Gasteiger partial charge on any atom is -0.376 e. The number of hydrogen-bond donors (Lipinski definition) is 1. The Balaban J connectivity index is 1.54. The number of amides is 1. The molecule has 24 heavy (non-hydrogen) atoms. The van der Waals surface area contributed by atoms with E-state index in [-0.39, 0.29) is 5.91 Å². The first kappa shape index (κ1) is 17.4. The Hall–Kier alpha value is -1.39. The summed E-state index contributed by atoms with van der Waals surface area (Å²) in [7, 11) is 0. The fourth-order valence-electron chi connectivity index (χ4n) is 4.01. The molecule has 0 bridgehead atoms. The molecule has 1 aromatic carbocycles. The maximum absolute atomic E-state index is 13.0. The maximum atomic E-state index is 13.0. The molecule has 4 nitrogen and oxygen atoms in total. The quantitative estimate of drug-likeness (QED) is 0.903. The van der Waals surface area contributed by atoms with Crippen LogP contribution in [0.4, 0.5) is 0 Å². The van der Waals surface area contributed by atoms with E-state index >= 15 is 0 Å². The first-order chi connectivity index (χ1) is 11.5. The zero-order valence-corrected chi connectivity index (χ0v) is 15.0. The number of carbonyl (C=O) groups is 1. The molecule has 0 radical (unpaired) electrons. The fraction of sp³-hybridized carbons (Fsp3) is 0.650. The van der Waals surface area contributed by atoms with Crippen LogP contribution in [0.25, 0.3) is 0 Å². The molecule has 2 saturated heterocycles. The standard InChI is InChI=1S/C20H30N2O2/c1-19(2,16-24-13-17-7-4-3-5-8-17)18(23)22-12-6-9-20(15-22)10-11-21-14-20/h3-5,7-8,21H,6,9-16H2,1-2H3. The van der Waals surface area contributed by atoms with Gasteiger partial charge < -0.3 is 15.0 Å². The number of piperidine rings is 1. The number of carbonyl (C=O) groups excluding carboxylic acids is 1. The van der Waals surface area contributed by atoms with Crippen LogP contribution in [0, 0.1) is 10.8 Å². The lowest BCUT2D eigenvalue weighted by atomic mass is 9.78. The summed E-state index contributed by atoms with van der Waals surface area (Å²) in [5.41, 5.74) is 0.989. The lowest BCUT2D eigenvalue weighted by Gasteiger charge is -2.42. The Bertz CT molecular complexity index is 550. The summed E-state index contributed by atoms with van der Waals surface area (Å²) in [6.07, 6.45) is 3.56. The summed E-state index contributed by atoms with van der Waals surface area (Å²) in [4.78, 5) is 15.1. The molecule has 3 rings (SSSR count). The van der Waals surface area contributed by atoms with Crippen LogP contribution in [-0.2, 0) is 16.1 Å². The highest BCUT2D eigenvalue weighted by Gasteiger charge is 2.42. The van der Waals surface area contributed by atoms with Crippen LogP contribution >= 0.6 is 0 Å². The molecule has 1 atom stereocenters. The fourth-order valence-corrected chi connectivity index (χ4v) is 4.01. The van der Waals surface area contributed by atoms with Gasteiger partial charge in [0.2, 0.25) is 5.91 Å². The van der Waals surface area contributed by atoms with Gasteiger partial charge in [0.05, 0.1) is 18.6 Å². The van der Waals surface area contributed by atoms with Gasteiger partial charge in [-0.2, -0.15) is 0 Å². The van der Waals surface area contributed by atoms with Crippen LogP contribution in [0.5, 0.6) is 0 Å². The van der Waals surface area contributed by atoms with Gasteiger partial charge >= 0.3 is 0 Å². The molecule has 1 aromatic rings. The number of rotatable bonds is 5. The third-order valence-electron chi connectivity index (χ3n) is 5.43. The van der Waals surface area contributed by atoms with Crippen LogP contribution in [0.3, 0.4) is 0 Å². The Morgan fingerprint density at radius 1 is 1.29 bits per heavy atom. The van der Waals surface area contributed by atoms with Crippen LogP contribution in [0.2, 0.25) is 0 Å². The highest BCUT2D eigenvalue weighted by molar-refractivity contribution is 5.82. The molecule has 132 valence electrons. The van der Waals surface area contributed by atoms with E-state index in [9.17, 15) is 4.79 Å². The summed E-state index contributed by atoms with van der Waals surface area (Å²) in [5.74, 6) is 0.238. The van der Waals surface area contributed by atoms with E-state index in [1.54, 1.807) is 0 Å². The van der Waals surface area contributed by atoms with Gasteiger partial charge in [-0.25, -0.2) is 0 Å². The average Bonchev–Trinajstić information content (AvgIpc) is 3.02. The molecule has 2 heterocycles. The molecule has 1 unspecified atom stereocenters. The number of nitrogens with one attached hydrogen (secondary N) is 1. The van der Waals surface area contributed by atoms with Gasteiger partial charge in [0.25, 0.3) is 0 Å². The Morgan fingerprint density at radius 2 is 2.08 bits per heavy atom. The van der Waals surface area contributed by atoms with Crippen LogP contribution in [-0.4, -0.2) is 43.6 Å². The summed E-state index contributed by atoms with van der Waals surface area (Å²) in [6.45, 7) is 8.98. The van der Waals surface area contributed by atoms with Crippen molar-refractivity contribution in [3.63, 3.8) is 0 Å². The monoisotopic (exact) mass is 330 g/mol. The number of hydrogen-bond acceptors (Lipinski definition) is 3. The molecule has 2 fully saturated rings. The third kappa shape index (κ3) is 3.98. The summed E-state index contributed by atoms with van der Waals surface area (Å²) < 4.78 is 5.85. The van der Waals surface area contributed by atoms with E-state index in [1.807, 2.05) is 32.0 Å². The molecule has 2 aliphatic rings. The van der Waals surface area contributed by atoms with Crippen molar-refractivity contribution in [3.05, 3.63) is 35.9 Å². The van der Waals surface area contributed by atoms with Crippen molar-refractivity contribution >= 4 is 5.91 Å². The lowest BCUT2D eigenvalue weighted by Crippen LogP contribution is -2.51. The molecule has 1 N–H and O–H groups in total. The van der Waals surface area contributed by atoms with Gasteiger partial charge in [-0.15, -0.1) is 0 Å². The van der Waals surface area contributed by atoms with E-state index in [0.717, 1.165) is 38.2 Å². The highest BCUT2D eigenvalue weighted by atomic mass is 16.5. The molecule has 0 saturated carbocycles. The third-order valence-corrected chi connectivity index (χ3v) is 5.43. The maximum Gasteiger partial charge on any atom is 0.230 e. The molecule has 4 heteroatoms. The van der Waals surface area contributed by atoms with Gasteiger partial charge in [-0.05, 0) is 45.2 Å². The van der Waals surface area contributed by atoms with Gasteiger partial charge in [0.15, 0.2) is 0 Å². The van der Waals surface area contributed by atoms with Crippen molar-refractivity contribution in [3.8, 4) is 0 Å². The first-order valence-electron chi connectivity index (χ1n) is 9.13. The second-order valence-corrected chi connectivity index (χ2v) is 8.12. The number of nitrogens with zero attached hydrogens (tertiary/aromatic N) is 1. The Kier molecular flexibility index (Phi) is 5.26. The van der Waals surface area contributed by atoms with E-state index in [1.165, 1.54) is 12.8 Å². The predicted molar refractivity (Wildman–Crippen MR) is 95.6 cm³/mol. The number of ether oxygens (including phenoxy) is 1. The number of benzene rings is 1. The molecule has 0 aromatic heterocycles. The Labute approximate surface area is 145 Å². The minimum atomic E-state index is -0.473. The average molecular weight is 330 g/mol. The van der Waals surface area contributed by atoms with Crippen molar-refractivity contribution in [2.45, 2.75) is 39.7 Å². The van der Waals surface area contributed by atoms with Crippen molar-refractivity contribution in [2.24, 2.45) is 10.8 Å². The smallest absolute Gasteiger partial charge is 0.230 e. The summed E-state index contributed by atoms with van der Waals surface area (Å²) >= 11 is 0. The van der Waals surface area contributed by atoms with E-state index in [2.05, 4.69) is 22.3 Å². The second-order valence-electron chi connectivity index (χ2n) is 8.12. The zero-order chi connectivity index (χ0) is 17.0. The zero-order valence-electron chi connectivity index (χ0n) is 15.0. The van der Waals surface area contributed by atoms with Crippen molar-refractivity contribution in [1.29, 1.82) is 0 Å². The molecule has 2 aliphatic heterocycles. The molecule has 0 aliphatic carbocycles. The van der Waals surface area contributed by atoms with Gasteiger partial charge in [0.1, 0.15) is 0 Å². The first-order valence-corrected chi connectivity index (χ1v) is 9.13. The van der Waals surface area contributed by atoms with E-state index in [4.69, 9.17) is 4.74 Å². The van der Waals surface area contributed by atoms with Crippen LogP contribution in [0.15, 0.2) is 30.3 Å². The minimum absolute atomic E-state index is 0.238. The predicted octanol–water partition coefficient (Wildman–Crippen LogP) is 2.83. The second kappa shape index (κ2) is 7.24. The lowest BCUT2D eigenvalue weighted by molar-refractivity contribution is -0.147. The van der Waals surface area contributed by atoms with Gasteiger partial charge in [0, 0.05) is 25.0 Å². The number of likely N-dealkylation sites (tertiary alicyclic amines) is 1. The normalized spacial score (nSPS) is 24.5. The molecular formula is C20H30N2O2. The van der Waals surface area contributed by atoms with E-state index in [0.29, 0.717) is 18.6 Å². The van der Waals surface area contributed by atoms with Gasteiger partial charge in [-0.1, -0.05) is 30.3 Å². The molecular weight excluding hydrogens is 300 g/mol. The SMILES string of the molecule is CC(C)(COCc1ccccc1)C(=O)N1CCCC2(CCNC2)C1. The van der Waals surface area contributed by atoms with E-state index < -0.39 is 5.41 Å². The van der Waals surface area contributed by atoms with Crippen LogP contribution < -0.4 is 5.32 Å².